The van der Waals surface area contributed by atoms with Crippen LogP contribution in [0.15, 0.2) is 36.5 Å². The molecule has 0 bridgehead atoms. The van der Waals surface area contributed by atoms with Crippen molar-refractivity contribution in [2.75, 3.05) is 5.73 Å². The van der Waals surface area contributed by atoms with E-state index in [0.717, 1.165) is 0 Å². The van der Waals surface area contributed by atoms with E-state index in [1.807, 2.05) is 0 Å². The highest BCUT2D eigenvalue weighted by atomic mass is 35.5. The SMILES string of the molecule is CC(O)(Cc1cccc(F)c1)c1cc(Cl)cnc1N. The summed E-state index contributed by atoms with van der Waals surface area (Å²) in [6.07, 6.45) is 1.63. The molecule has 1 unspecified atom stereocenters. The van der Waals surface area contributed by atoms with Gasteiger partial charge in [0.2, 0.25) is 0 Å². The largest absolute Gasteiger partial charge is 0.385 e. The van der Waals surface area contributed by atoms with Crippen molar-refractivity contribution < 1.29 is 9.50 Å². The number of rotatable bonds is 3. The van der Waals surface area contributed by atoms with Gasteiger partial charge in [0.15, 0.2) is 0 Å². The highest BCUT2D eigenvalue weighted by Gasteiger charge is 2.27. The fourth-order valence-corrected chi connectivity index (χ4v) is 2.18. The Hall–Kier alpha value is -1.65. The maximum atomic E-state index is 13.1. The minimum atomic E-state index is -1.27. The lowest BCUT2D eigenvalue weighted by molar-refractivity contribution is 0.0581. The van der Waals surface area contributed by atoms with Crippen molar-refractivity contribution in [1.29, 1.82) is 0 Å². The van der Waals surface area contributed by atoms with Gasteiger partial charge in [0.25, 0.3) is 0 Å². The van der Waals surface area contributed by atoms with Crippen molar-refractivity contribution in [1.82, 2.24) is 4.98 Å². The van der Waals surface area contributed by atoms with E-state index in [1.54, 1.807) is 25.1 Å². The molecule has 3 nitrogen and oxygen atoms in total. The number of nitrogens with zero attached hydrogens (tertiary/aromatic N) is 1. The summed E-state index contributed by atoms with van der Waals surface area (Å²) in [5, 5.41) is 10.9. The number of hydrogen-bond donors (Lipinski definition) is 2. The van der Waals surface area contributed by atoms with E-state index >= 15 is 0 Å². The predicted octanol–water partition coefficient (Wildman–Crippen LogP) is 2.91. The van der Waals surface area contributed by atoms with Gasteiger partial charge in [0.1, 0.15) is 11.6 Å². The molecule has 1 heterocycles. The zero-order valence-corrected chi connectivity index (χ0v) is 11.2. The number of nitrogen functional groups attached to an aromatic ring is 1. The van der Waals surface area contributed by atoms with Crippen LogP contribution in [-0.2, 0) is 12.0 Å². The maximum absolute atomic E-state index is 13.1. The van der Waals surface area contributed by atoms with Crippen LogP contribution in [0.3, 0.4) is 0 Å². The van der Waals surface area contributed by atoms with Gasteiger partial charge in [-0.05, 0) is 30.7 Å². The summed E-state index contributed by atoms with van der Waals surface area (Å²) in [7, 11) is 0. The van der Waals surface area contributed by atoms with Crippen molar-refractivity contribution in [2.24, 2.45) is 0 Å². The third kappa shape index (κ3) is 3.22. The molecule has 0 spiro atoms. The van der Waals surface area contributed by atoms with Gasteiger partial charge in [0.05, 0.1) is 10.6 Å². The summed E-state index contributed by atoms with van der Waals surface area (Å²) in [4.78, 5) is 3.92. The average Bonchev–Trinajstić information content (AvgIpc) is 2.31. The van der Waals surface area contributed by atoms with Crippen LogP contribution in [0, 0.1) is 5.82 Å². The first kappa shape index (κ1) is 13.8. The molecular weight excluding hydrogens is 267 g/mol. The molecule has 1 aromatic carbocycles. The lowest BCUT2D eigenvalue weighted by atomic mass is 9.89. The van der Waals surface area contributed by atoms with Crippen molar-refractivity contribution in [3.63, 3.8) is 0 Å². The number of aromatic nitrogens is 1. The first-order chi connectivity index (χ1) is 8.88. The number of hydrogen-bond acceptors (Lipinski definition) is 3. The van der Waals surface area contributed by atoms with Gasteiger partial charge in [-0.2, -0.15) is 0 Å². The summed E-state index contributed by atoms with van der Waals surface area (Å²) >= 11 is 5.86. The lowest BCUT2D eigenvalue weighted by Gasteiger charge is -2.25. The summed E-state index contributed by atoms with van der Waals surface area (Å²) < 4.78 is 13.1. The van der Waals surface area contributed by atoms with Gasteiger partial charge in [-0.3, -0.25) is 0 Å². The molecule has 0 aliphatic carbocycles. The fraction of sp³-hybridized carbons (Fsp3) is 0.214. The number of benzene rings is 1. The van der Waals surface area contributed by atoms with Gasteiger partial charge in [0, 0.05) is 18.2 Å². The van der Waals surface area contributed by atoms with E-state index in [9.17, 15) is 9.50 Å². The number of nitrogens with two attached hydrogens (primary N) is 1. The number of pyridine rings is 1. The quantitative estimate of drug-likeness (QED) is 0.909. The van der Waals surface area contributed by atoms with E-state index in [1.165, 1.54) is 18.3 Å². The zero-order valence-electron chi connectivity index (χ0n) is 10.4. The predicted molar refractivity (Wildman–Crippen MR) is 73.3 cm³/mol. The van der Waals surface area contributed by atoms with Crippen LogP contribution in [0.25, 0.3) is 0 Å². The summed E-state index contributed by atoms with van der Waals surface area (Å²) in [5.41, 5.74) is 5.59. The smallest absolute Gasteiger partial charge is 0.129 e. The van der Waals surface area contributed by atoms with E-state index in [2.05, 4.69) is 4.98 Å². The Morgan fingerprint density at radius 1 is 1.42 bits per heavy atom. The molecule has 2 rings (SSSR count). The molecule has 3 N–H and O–H groups in total. The van der Waals surface area contributed by atoms with E-state index in [-0.39, 0.29) is 18.1 Å². The topological polar surface area (TPSA) is 59.1 Å². The van der Waals surface area contributed by atoms with Crippen LogP contribution in [0.4, 0.5) is 10.2 Å². The highest BCUT2D eigenvalue weighted by Crippen LogP contribution is 2.30. The van der Waals surface area contributed by atoms with Crippen molar-refractivity contribution in [2.45, 2.75) is 18.9 Å². The van der Waals surface area contributed by atoms with Crippen LogP contribution in [0.1, 0.15) is 18.1 Å². The van der Waals surface area contributed by atoms with Crippen molar-refractivity contribution in [3.05, 3.63) is 58.5 Å². The van der Waals surface area contributed by atoms with Gasteiger partial charge in [-0.1, -0.05) is 23.7 Å². The monoisotopic (exact) mass is 280 g/mol. The minimum Gasteiger partial charge on any atom is -0.385 e. The van der Waals surface area contributed by atoms with Crippen LogP contribution in [0.5, 0.6) is 0 Å². The van der Waals surface area contributed by atoms with Gasteiger partial charge in [-0.15, -0.1) is 0 Å². The van der Waals surface area contributed by atoms with Gasteiger partial charge < -0.3 is 10.8 Å². The van der Waals surface area contributed by atoms with Crippen LogP contribution in [0.2, 0.25) is 5.02 Å². The third-order valence-corrected chi connectivity index (χ3v) is 3.11. The van der Waals surface area contributed by atoms with Crippen LogP contribution < -0.4 is 5.73 Å². The Kier molecular flexibility index (Phi) is 3.73. The summed E-state index contributed by atoms with van der Waals surface area (Å²) in [6, 6.07) is 7.64. The lowest BCUT2D eigenvalue weighted by Crippen LogP contribution is -2.26. The summed E-state index contributed by atoms with van der Waals surface area (Å²) in [5.74, 6) is -0.128. The van der Waals surface area contributed by atoms with Gasteiger partial charge in [-0.25, -0.2) is 9.37 Å². The molecule has 0 fully saturated rings. The van der Waals surface area contributed by atoms with E-state index < -0.39 is 5.60 Å². The number of anilines is 1. The molecule has 100 valence electrons. The van der Waals surface area contributed by atoms with Crippen LogP contribution in [-0.4, -0.2) is 10.1 Å². The molecule has 1 aromatic heterocycles. The Labute approximate surface area is 115 Å². The molecule has 19 heavy (non-hydrogen) atoms. The van der Waals surface area contributed by atoms with Crippen molar-refractivity contribution >= 4 is 17.4 Å². The molecule has 5 heteroatoms. The average molecular weight is 281 g/mol. The highest BCUT2D eigenvalue weighted by molar-refractivity contribution is 6.30. The minimum absolute atomic E-state index is 0.214. The maximum Gasteiger partial charge on any atom is 0.129 e. The van der Waals surface area contributed by atoms with Crippen LogP contribution >= 0.6 is 11.6 Å². The molecule has 0 aliphatic heterocycles. The van der Waals surface area contributed by atoms with E-state index in [0.29, 0.717) is 16.1 Å². The molecule has 1 atom stereocenters. The number of aliphatic hydroxyl groups is 1. The standard InChI is InChI=1S/C14H14ClFN2O/c1-14(19,7-9-3-2-4-11(16)5-9)12-6-10(15)8-18-13(12)17/h2-6,8,19H,7H2,1H3,(H2,17,18). The Morgan fingerprint density at radius 3 is 2.84 bits per heavy atom. The first-order valence-corrected chi connectivity index (χ1v) is 6.14. The molecule has 0 amide bonds. The Balaban J connectivity index is 2.34. The Bertz CT molecular complexity index is 602. The molecule has 0 saturated carbocycles. The molecule has 0 aliphatic rings. The first-order valence-electron chi connectivity index (χ1n) is 5.77. The summed E-state index contributed by atoms with van der Waals surface area (Å²) in [6.45, 7) is 1.60. The second-order valence-corrected chi connectivity index (χ2v) is 5.10. The molecular formula is C14H14ClFN2O. The van der Waals surface area contributed by atoms with Gasteiger partial charge >= 0.3 is 0 Å². The van der Waals surface area contributed by atoms with E-state index in [4.69, 9.17) is 17.3 Å². The zero-order chi connectivity index (χ0) is 14.0. The third-order valence-electron chi connectivity index (χ3n) is 2.90. The molecule has 2 aromatic rings. The second-order valence-electron chi connectivity index (χ2n) is 4.67. The normalized spacial score (nSPS) is 14.1. The fourth-order valence-electron chi connectivity index (χ4n) is 2.02. The molecule has 0 saturated heterocycles. The number of halogens is 2. The molecule has 0 radical (unpaired) electrons. The second kappa shape index (κ2) is 5.15. The Morgan fingerprint density at radius 2 is 2.16 bits per heavy atom. The van der Waals surface area contributed by atoms with Crippen molar-refractivity contribution in [3.8, 4) is 0 Å².